The van der Waals surface area contributed by atoms with Crippen molar-refractivity contribution in [2.45, 2.75) is 39.4 Å². The summed E-state index contributed by atoms with van der Waals surface area (Å²) < 4.78 is 7.53. The van der Waals surface area contributed by atoms with E-state index in [9.17, 15) is 0 Å². The van der Waals surface area contributed by atoms with Crippen molar-refractivity contribution in [1.29, 1.82) is 0 Å². The lowest BCUT2D eigenvalue weighted by molar-refractivity contribution is 0.408. The third kappa shape index (κ3) is 4.80. The molecule has 0 aliphatic heterocycles. The Balaban J connectivity index is 2.07. The fraction of sp³-hybridized carbons (Fsp3) is 0.412. The summed E-state index contributed by atoms with van der Waals surface area (Å²) in [6.07, 6.45) is 4.24. The minimum Gasteiger partial charge on any atom is -0.496 e. The van der Waals surface area contributed by atoms with Crippen LogP contribution < -0.4 is 10.1 Å². The smallest absolute Gasteiger partial charge is 0.123 e. The van der Waals surface area contributed by atoms with Gasteiger partial charge in [0, 0.05) is 35.1 Å². The van der Waals surface area contributed by atoms with E-state index in [1.54, 1.807) is 7.11 Å². The molecule has 0 saturated heterocycles. The van der Waals surface area contributed by atoms with Crippen LogP contribution in [0.25, 0.3) is 0 Å². The van der Waals surface area contributed by atoms with Gasteiger partial charge in [0.05, 0.1) is 13.7 Å². The molecule has 0 amide bonds. The Labute approximate surface area is 131 Å². The number of halogens is 1. The Morgan fingerprint density at radius 2 is 2.00 bits per heavy atom. The molecule has 114 valence electrons. The molecule has 0 radical (unpaired) electrons. The number of hydrogen-bond donors (Lipinski definition) is 1. The summed E-state index contributed by atoms with van der Waals surface area (Å²) in [7, 11) is 1.68. The Kier molecular flexibility index (Phi) is 4.96. The van der Waals surface area contributed by atoms with Crippen LogP contribution in [0.15, 0.2) is 36.7 Å². The Hall–Kier alpha value is -1.45. The average Bonchev–Trinajstić information content (AvgIpc) is 2.84. The van der Waals surface area contributed by atoms with Crippen molar-refractivity contribution in [3.8, 4) is 5.75 Å². The van der Waals surface area contributed by atoms with Crippen molar-refractivity contribution in [2.75, 3.05) is 7.11 Å². The molecule has 2 aromatic rings. The Morgan fingerprint density at radius 3 is 2.67 bits per heavy atom. The van der Waals surface area contributed by atoms with Crippen LogP contribution in [0.1, 0.15) is 31.9 Å². The lowest BCUT2D eigenvalue weighted by Gasteiger charge is -2.19. The van der Waals surface area contributed by atoms with Crippen LogP contribution in [0.2, 0.25) is 5.02 Å². The molecule has 0 spiro atoms. The number of benzene rings is 1. The van der Waals surface area contributed by atoms with Gasteiger partial charge in [0.25, 0.3) is 0 Å². The fourth-order valence-electron chi connectivity index (χ4n) is 2.13. The predicted octanol–water partition coefficient (Wildman–Crippen LogP) is 4.09. The van der Waals surface area contributed by atoms with Gasteiger partial charge in [0.2, 0.25) is 0 Å². The first kappa shape index (κ1) is 15.9. The summed E-state index contributed by atoms with van der Waals surface area (Å²) in [5, 5.41) is 4.22. The van der Waals surface area contributed by atoms with Crippen molar-refractivity contribution in [2.24, 2.45) is 0 Å². The largest absolute Gasteiger partial charge is 0.496 e. The maximum absolute atomic E-state index is 6.07. The number of nitrogens with one attached hydrogen (secondary N) is 1. The molecular weight excluding hydrogens is 284 g/mol. The highest BCUT2D eigenvalue weighted by Gasteiger charge is 2.09. The van der Waals surface area contributed by atoms with Gasteiger partial charge in [0.15, 0.2) is 0 Å². The van der Waals surface area contributed by atoms with E-state index in [4.69, 9.17) is 16.3 Å². The van der Waals surface area contributed by atoms with Gasteiger partial charge in [-0.1, -0.05) is 11.6 Å². The highest BCUT2D eigenvalue weighted by Crippen LogP contribution is 2.23. The number of aromatic nitrogens is 1. The molecular formula is C17H23ClN2O. The monoisotopic (exact) mass is 306 g/mol. The van der Waals surface area contributed by atoms with Gasteiger partial charge in [-0.25, -0.2) is 0 Å². The second-order valence-corrected chi connectivity index (χ2v) is 6.69. The number of nitrogens with zero attached hydrogens (tertiary/aromatic N) is 1. The van der Waals surface area contributed by atoms with Gasteiger partial charge in [0.1, 0.15) is 5.75 Å². The van der Waals surface area contributed by atoms with E-state index in [-0.39, 0.29) is 5.54 Å². The van der Waals surface area contributed by atoms with Gasteiger partial charge in [-0.05, 0) is 50.6 Å². The minimum atomic E-state index is 0.123. The lowest BCUT2D eigenvalue weighted by atomic mass is 10.1. The highest BCUT2D eigenvalue weighted by molar-refractivity contribution is 6.30. The van der Waals surface area contributed by atoms with Crippen LogP contribution in [0.4, 0.5) is 0 Å². The van der Waals surface area contributed by atoms with Gasteiger partial charge in [-0.15, -0.1) is 0 Å². The molecule has 21 heavy (non-hydrogen) atoms. The van der Waals surface area contributed by atoms with E-state index < -0.39 is 0 Å². The van der Waals surface area contributed by atoms with Crippen molar-refractivity contribution >= 4 is 11.6 Å². The zero-order valence-electron chi connectivity index (χ0n) is 13.1. The van der Waals surface area contributed by atoms with E-state index in [1.165, 1.54) is 5.56 Å². The first-order valence-corrected chi connectivity index (χ1v) is 7.47. The van der Waals surface area contributed by atoms with E-state index >= 15 is 0 Å². The second kappa shape index (κ2) is 6.54. The third-order valence-corrected chi connectivity index (χ3v) is 3.47. The van der Waals surface area contributed by atoms with E-state index in [2.05, 4.69) is 49.1 Å². The Bertz CT molecular complexity index is 599. The van der Waals surface area contributed by atoms with Crippen molar-refractivity contribution in [3.63, 3.8) is 0 Å². The van der Waals surface area contributed by atoms with Gasteiger partial charge in [-0.3, -0.25) is 0 Å². The van der Waals surface area contributed by atoms with E-state index in [1.807, 2.05) is 18.2 Å². The molecule has 1 aromatic carbocycles. The molecule has 4 heteroatoms. The average molecular weight is 307 g/mol. The van der Waals surface area contributed by atoms with Crippen LogP contribution in [0, 0.1) is 0 Å². The molecule has 2 rings (SSSR count). The summed E-state index contributed by atoms with van der Waals surface area (Å²) in [5.74, 6) is 0.863. The normalized spacial score (nSPS) is 11.7. The number of rotatable bonds is 5. The zero-order valence-corrected chi connectivity index (χ0v) is 13.9. The van der Waals surface area contributed by atoms with Crippen LogP contribution in [-0.4, -0.2) is 17.2 Å². The minimum absolute atomic E-state index is 0.123. The molecule has 1 aromatic heterocycles. The van der Waals surface area contributed by atoms with Crippen LogP contribution in [0.3, 0.4) is 0 Å². The zero-order chi connectivity index (χ0) is 15.5. The first-order chi connectivity index (χ1) is 9.87. The molecule has 1 N–H and O–H groups in total. The van der Waals surface area contributed by atoms with E-state index in [0.29, 0.717) is 0 Å². The molecule has 0 atom stereocenters. The third-order valence-electron chi connectivity index (χ3n) is 3.23. The molecule has 0 fully saturated rings. The molecule has 3 nitrogen and oxygen atoms in total. The maximum atomic E-state index is 6.07. The molecule has 0 bridgehead atoms. The van der Waals surface area contributed by atoms with Gasteiger partial charge in [-0.2, -0.15) is 0 Å². The molecule has 0 aliphatic rings. The fourth-order valence-corrected chi connectivity index (χ4v) is 2.32. The van der Waals surface area contributed by atoms with Crippen LogP contribution >= 0.6 is 11.6 Å². The van der Waals surface area contributed by atoms with Gasteiger partial charge >= 0.3 is 0 Å². The topological polar surface area (TPSA) is 26.2 Å². The summed E-state index contributed by atoms with van der Waals surface area (Å²) >= 11 is 6.07. The van der Waals surface area contributed by atoms with Crippen LogP contribution in [0.5, 0.6) is 5.75 Å². The maximum Gasteiger partial charge on any atom is 0.123 e. The summed E-state index contributed by atoms with van der Waals surface area (Å²) in [4.78, 5) is 0. The summed E-state index contributed by atoms with van der Waals surface area (Å²) in [6.45, 7) is 8.12. The van der Waals surface area contributed by atoms with Gasteiger partial charge < -0.3 is 14.6 Å². The molecule has 1 heterocycles. The number of ether oxygens (including phenoxy) is 1. The molecule has 0 aliphatic carbocycles. The quantitative estimate of drug-likeness (QED) is 0.900. The van der Waals surface area contributed by atoms with Crippen molar-refractivity contribution in [3.05, 3.63) is 52.8 Å². The van der Waals surface area contributed by atoms with Crippen molar-refractivity contribution in [1.82, 2.24) is 9.88 Å². The lowest BCUT2D eigenvalue weighted by Crippen LogP contribution is -2.34. The SMILES string of the molecule is COc1ccc(Cl)cc1Cn1ccc(CNC(C)(C)C)c1. The number of methoxy groups -OCH3 is 1. The number of hydrogen-bond acceptors (Lipinski definition) is 2. The molecule has 0 saturated carbocycles. The van der Waals surface area contributed by atoms with Crippen molar-refractivity contribution < 1.29 is 4.74 Å². The predicted molar refractivity (Wildman–Crippen MR) is 88.1 cm³/mol. The second-order valence-electron chi connectivity index (χ2n) is 6.25. The first-order valence-electron chi connectivity index (χ1n) is 7.09. The Morgan fingerprint density at radius 1 is 1.24 bits per heavy atom. The van der Waals surface area contributed by atoms with Crippen LogP contribution in [-0.2, 0) is 13.1 Å². The summed E-state index contributed by atoms with van der Waals surface area (Å²) in [6, 6.07) is 7.84. The summed E-state index contributed by atoms with van der Waals surface area (Å²) in [5.41, 5.74) is 2.47. The van der Waals surface area contributed by atoms with E-state index in [0.717, 1.165) is 29.4 Å². The standard InChI is InChI=1S/C17H23ClN2O/c1-17(2,3)19-10-13-7-8-20(11-13)12-14-9-15(18)5-6-16(14)21-4/h5-9,11,19H,10,12H2,1-4H3. The molecule has 0 unspecified atom stereocenters. The highest BCUT2D eigenvalue weighted by atomic mass is 35.5.